The molecule has 3 aromatic rings. The van der Waals surface area contributed by atoms with Crippen LogP contribution in [-0.2, 0) is 27.3 Å². The minimum Gasteiger partial charge on any atom is -0.497 e. The number of ether oxygens (including phenoxy) is 3. The summed E-state index contributed by atoms with van der Waals surface area (Å²) in [7, 11) is 4.90. The number of nitrogens with zero attached hydrogens (tertiary/aromatic N) is 1. The number of likely N-dealkylation sites (N-methyl/N-ethyl adjacent to an activating group) is 1. The first-order valence-corrected chi connectivity index (χ1v) is 9.57. The second-order valence-electron chi connectivity index (χ2n) is 6.99. The van der Waals surface area contributed by atoms with Crippen LogP contribution >= 0.6 is 0 Å². The van der Waals surface area contributed by atoms with E-state index >= 15 is 0 Å². The van der Waals surface area contributed by atoms with Gasteiger partial charge >= 0.3 is 5.97 Å². The molecule has 0 aromatic heterocycles. The summed E-state index contributed by atoms with van der Waals surface area (Å²) in [6.07, 6.45) is 0.0856. The minimum atomic E-state index is -0.454. The molecule has 0 heterocycles. The molecule has 0 bridgehead atoms. The third-order valence-electron chi connectivity index (χ3n) is 4.80. The van der Waals surface area contributed by atoms with Crippen molar-refractivity contribution in [3.05, 3.63) is 71.8 Å². The SMILES string of the molecule is COc1cccc(CC(=O)OCC(=O)N(C)Cc2ccc3cc(OC)ccc3c2)c1. The highest BCUT2D eigenvalue weighted by molar-refractivity contribution is 5.85. The van der Waals surface area contributed by atoms with E-state index in [-0.39, 0.29) is 18.9 Å². The molecule has 3 aromatic carbocycles. The Labute approximate surface area is 176 Å². The molecule has 0 atom stereocenters. The number of fused-ring (bicyclic) bond motifs is 1. The minimum absolute atomic E-state index is 0.0856. The highest BCUT2D eigenvalue weighted by atomic mass is 16.5. The quantitative estimate of drug-likeness (QED) is 0.534. The first-order valence-electron chi connectivity index (χ1n) is 9.57. The molecular formula is C24H25NO5. The second kappa shape index (κ2) is 9.78. The number of esters is 1. The molecule has 0 saturated heterocycles. The Morgan fingerprint density at radius 2 is 1.53 bits per heavy atom. The predicted molar refractivity (Wildman–Crippen MR) is 115 cm³/mol. The predicted octanol–water partition coefficient (Wildman–Crippen LogP) is 3.60. The Morgan fingerprint density at radius 3 is 2.30 bits per heavy atom. The van der Waals surface area contributed by atoms with Crippen molar-refractivity contribution in [2.75, 3.05) is 27.9 Å². The maximum absolute atomic E-state index is 12.4. The van der Waals surface area contributed by atoms with Crippen molar-refractivity contribution in [3.63, 3.8) is 0 Å². The number of rotatable bonds is 8. The van der Waals surface area contributed by atoms with E-state index in [4.69, 9.17) is 14.2 Å². The van der Waals surface area contributed by atoms with Crippen LogP contribution in [-0.4, -0.2) is 44.7 Å². The summed E-state index contributed by atoms with van der Waals surface area (Å²) in [6, 6.07) is 19.1. The fourth-order valence-electron chi connectivity index (χ4n) is 3.11. The molecule has 1 amide bonds. The van der Waals surface area contributed by atoms with Gasteiger partial charge in [0.05, 0.1) is 20.6 Å². The van der Waals surface area contributed by atoms with Crippen LogP contribution in [0.25, 0.3) is 10.8 Å². The number of amides is 1. The van der Waals surface area contributed by atoms with Gasteiger partial charge in [-0.2, -0.15) is 0 Å². The van der Waals surface area contributed by atoms with Gasteiger partial charge in [0.1, 0.15) is 11.5 Å². The molecule has 0 N–H and O–H groups in total. The molecule has 6 heteroatoms. The lowest BCUT2D eigenvalue weighted by atomic mass is 10.1. The summed E-state index contributed by atoms with van der Waals surface area (Å²) in [5.41, 5.74) is 1.76. The fraction of sp³-hybridized carbons (Fsp3) is 0.250. The molecule has 0 saturated carbocycles. The van der Waals surface area contributed by atoms with Crippen LogP contribution in [0, 0.1) is 0 Å². The van der Waals surface area contributed by atoms with E-state index < -0.39 is 5.97 Å². The molecule has 0 aliphatic rings. The summed E-state index contributed by atoms with van der Waals surface area (Å²) in [5, 5.41) is 2.14. The first kappa shape index (κ1) is 21.2. The molecular weight excluding hydrogens is 382 g/mol. The van der Waals surface area contributed by atoms with Crippen LogP contribution in [0.5, 0.6) is 11.5 Å². The molecule has 0 radical (unpaired) electrons. The van der Waals surface area contributed by atoms with Crippen molar-refractivity contribution in [3.8, 4) is 11.5 Å². The normalized spacial score (nSPS) is 10.5. The fourth-order valence-corrected chi connectivity index (χ4v) is 3.11. The summed E-state index contributed by atoms with van der Waals surface area (Å²) in [6.45, 7) is 0.137. The van der Waals surface area contributed by atoms with Crippen molar-refractivity contribution >= 4 is 22.6 Å². The highest BCUT2D eigenvalue weighted by Gasteiger charge is 2.13. The van der Waals surface area contributed by atoms with Crippen LogP contribution in [0.4, 0.5) is 0 Å². The highest BCUT2D eigenvalue weighted by Crippen LogP contribution is 2.22. The number of hydrogen-bond acceptors (Lipinski definition) is 5. The van der Waals surface area contributed by atoms with Gasteiger partial charge in [-0.25, -0.2) is 0 Å². The van der Waals surface area contributed by atoms with E-state index in [1.807, 2.05) is 42.5 Å². The van der Waals surface area contributed by atoms with Gasteiger partial charge in [-0.05, 0) is 52.2 Å². The van der Waals surface area contributed by atoms with E-state index in [2.05, 4.69) is 0 Å². The Hall–Kier alpha value is -3.54. The lowest BCUT2D eigenvalue weighted by Crippen LogP contribution is -2.31. The second-order valence-corrected chi connectivity index (χ2v) is 6.99. The number of carbonyl (C=O) groups excluding carboxylic acids is 2. The Balaban J connectivity index is 1.52. The van der Waals surface area contributed by atoms with Crippen LogP contribution in [0.15, 0.2) is 60.7 Å². The van der Waals surface area contributed by atoms with Gasteiger partial charge in [-0.15, -0.1) is 0 Å². The summed E-state index contributed by atoms with van der Waals surface area (Å²) >= 11 is 0. The van der Waals surface area contributed by atoms with E-state index in [1.54, 1.807) is 44.4 Å². The van der Waals surface area contributed by atoms with Crippen LogP contribution in [0.1, 0.15) is 11.1 Å². The van der Waals surface area contributed by atoms with Gasteiger partial charge in [-0.1, -0.05) is 30.3 Å². The number of carbonyl (C=O) groups is 2. The van der Waals surface area contributed by atoms with E-state index in [0.717, 1.165) is 27.6 Å². The van der Waals surface area contributed by atoms with E-state index in [1.165, 1.54) is 0 Å². The molecule has 30 heavy (non-hydrogen) atoms. The number of benzene rings is 3. The largest absolute Gasteiger partial charge is 0.497 e. The molecule has 0 spiro atoms. The lowest BCUT2D eigenvalue weighted by molar-refractivity contribution is -0.151. The van der Waals surface area contributed by atoms with Crippen molar-refractivity contribution in [2.24, 2.45) is 0 Å². The maximum atomic E-state index is 12.4. The standard InChI is InChI=1S/C24H25NO5/c1-25(15-18-7-8-20-14-22(29-3)10-9-19(20)11-18)23(26)16-30-24(27)13-17-5-4-6-21(12-17)28-2/h4-12,14H,13,15-16H2,1-3H3. The van der Waals surface area contributed by atoms with Crippen molar-refractivity contribution in [1.29, 1.82) is 0 Å². The van der Waals surface area contributed by atoms with Gasteiger partial charge in [-0.3, -0.25) is 9.59 Å². The van der Waals surface area contributed by atoms with Crippen LogP contribution in [0.2, 0.25) is 0 Å². The smallest absolute Gasteiger partial charge is 0.310 e. The number of hydrogen-bond donors (Lipinski definition) is 0. The third kappa shape index (κ3) is 5.50. The Bertz CT molecular complexity index is 1050. The zero-order valence-corrected chi connectivity index (χ0v) is 17.4. The molecule has 0 aliphatic carbocycles. The summed E-state index contributed by atoms with van der Waals surface area (Å²) in [5.74, 6) is 0.761. The monoisotopic (exact) mass is 407 g/mol. The van der Waals surface area contributed by atoms with Gasteiger partial charge < -0.3 is 19.1 Å². The summed E-state index contributed by atoms with van der Waals surface area (Å²) < 4.78 is 15.5. The molecule has 0 aliphatic heterocycles. The lowest BCUT2D eigenvalue weighted by Gasteiger charge is -2.17. The topological polar surface area (TPSA) is 65.1 Å². The van der Waals surface area contributed by atoms with Crippen molar-refractivity contribution in [1.82, 2.24) is 4.90 Å². The van der Waals surface area contributed by atoms with Gasteiger partial charge in [0, 0.05) is 13.6 Å². The Kier molecular flexibility index (Phi) is 6.91. The maximum Gasteiger partial charge on any atom is 0.310 e. The average molecular weight is 407 g/mol. The molecule has 6 nitrogen and oxygen atoms in total. The molecule has 0 fully saturated rings. The van der Waals surface area contributed by atoms with Gasteiger partial charge in [0.25, 0.3) is 5.91 Å². The van der Waals surface area contributed by atoms with E-state index in [0.29, 0.717) is 12.3 Å². The molecule has 0 unspecified atom stereocenters. The zero-order chi connectivity index (χ0) is 21.5. The molecule has 3 rings (SSSR count). The van der Waals surface area contributed by atoms with Gasteiger partial charge in [0.15, 0.2) is 6.61 Å². The summed E-state index contributed by atoms with van der Waals surface area (Å²) in [4.78, 5) is 26.0. The van der Waals surface area contributed by atoms with E-state index in [9.17, 15) is 9.59 Å². The average Bonchev–Trinajstić information content (AvgIpc) is 2.77. The van der Waals surface area contributed by atoms with Crippen LogP contribution in [0.3, 0.4) is 0 Å². The van der Waals surface area contributed by atoms with Crippen molar-refractivity contribution in [2.45, 2.75) is 13.0 Å². The van der Waals surface area contributed by atoms with Gasteiger partial charge in [0.2, 0.25) is 0 Å². The van der Waals surface area contributed by atoms with Crippen LogP contribution < -0.4 is 9.47 Å². The molecule has 156 valence electrons. The number of methoxy groups -OCH3 is 2. The third-order valence-corrected chi connectivity index (χ3v) is 4.80. The Morgan fingerprint density at radius 1 is 0.833 bits per heavy atom. The van der Waals surface area contributed by atoms with Crippen molar-refractivity contribution < 1.29 is 23.8 Å². The first-order chi connectivity index (χ1) is 14.5. The zero-order valence-electron chi connectivity index (χ0n) is 17.4.